The van der Waals surface area contributed by atoms with Crippen LogP contribution in [0.1, 0.15) is 24.8 Å². The van der Waals surface area contributed by atoms with Crippen LogP contribution in [0, 0.1) is 11.6 Å². The van der Waals surface area contributed by atoms with E-state index in [2.05, 4.69) is 11.9 Å². The van der Waals surface area contributed by atoms with Gasteiger partial charge in [0.1, 0.15) is 11.6 Å². The molecule has 1 saturated heterocycles. The molecule has 1 N–H and O–H groups in total. The van der Waals surface area contributed by atoms with Gasteiger partial charge in [0.25, 0.3) is 0 Å². The van der Waals surface area contributed by atoms with E-state index in [1.54, 1.807) is 11.0 Å². The number of carbonyl (C=O) groups excluding carboxylic acids is 1. The SMILES string of the molecule is C=CCNCC[C@H]1CCC(=O)N1Cc1cc(F)cc(F)c1. The highest BCUT2D eigenvalue weighted by molar-refractivity contribution is 5.78. The third-order valence-corrected chi connectivity index (χ3v) is 3.67. The van der Waals surface area contributed by atoms with Gasteiger partial charge in [0.15, 0.2) is 0 Å². The van der Waals surface area contributed by atoms with E-state index in [1.165, 1.54) is 12.1 Å². The lowest BCUT2D eigenvalue weighted by atomic mass is 10.1. The summed E-state index contributed by atoms with van der Waals surface area (Å²) < 4.78 is 26.4. The Kier molecular flexibility index (Phi) is 5.44. The zero-order valence-electron chi connectivity index (χ0n) is 11.9. The Morgan fingerprint density at radius 3 is 2.71 bits per heavy atom. The number of halogens is 2. The van der Waals surface area contributed by atoms with Gasteiger partial charge in [-0.2, -0.15) is 0 Å². The number of benzene rings is 1. The molecular weight excluding hydrogens is 274 g/mol. The summed E-state index contributed by atoms with van der Waals surface area (Å²) in [5, 5.41) is 3.20. The van der Waals surface area contributed by atoms with Crippen molar-refractivity contribution in [2.45, 2.75) is 31.8 Å². The second-order valence-electron chi connectivity index (χ2n) is 5.27. The van der Waals surface area contributed by atoms with Crippen LogP contribution in [-0.4, -0.2) is 29.9 Å². The molecule has 1 aromatic rings. The number of nitrogens with zero attached hydrogens (tertiary/aromatic N) is 1. The second kappa shape index (κ2) is 7.31. The summed E-state index contributed by atoms with van der Waals surface area (Å²) in [5.74, 6) is -1.17. The number of rotatable bonds is 7. The fourth-order valence-electron chi connectivity index (χ4n) is 2.68. The summed E-state index contributed by atoms with van der Waals surface area (Å²) in [6.45, 7) is 5.42. The van der Waals surface area contributed by atoms with Crippen molar-refractivity contribution in [3.8, 4) is 0 Å². The largest absolute Gasteiger partial charge is 0.335 e. The lowest BCUT2D eigenvalue weighted by molar-refractivity contribution is -0.129. The maximum Gasteiger partial charge on any atom is 0.223 e. The van der Waals surface area contributed by atoms with Gasteiger partial charge in [-0.25, -0.2) is 8.78 Å². The van der Waals surface area contributed by atoms with Crippen LogP contribution in [0.2, 0.25) is 0 Å². The van der Waals surface area contributed by atoms with Crippen molar-refractivity contribution >= 4 is 5.91 Å². The van der Waals surface area contributed by atoms with Crippen LogP contribution >= 0.6 is 0 Å². The van der Waals surface area contributed by atoms with Gasteiger partial charge in [-0.05, 0) is 37.1 Å². The molecule has 0 spiro atoms. The molecule has 0 unspecified atom stereocenters. The smallest absolute Gasteiger partial charge is 0.223 e. The first-order valence-electron chi connectivity index (χ1n) is 7.16. The molecule has 1 heterocycles. The molecule has 114 valence electrons. The zero-order valence-corrected chi connectivity index (χ0v) is 11.9. The van der Waals surface area contributed by atoms with Crippen molar-refractivity contribution in [2.75, 3.05) is 13.1 Å². The number of likely N-dealkylation sites (tertiary alicyclic amines) is 1. The molecule has 0 aromatic heterocycles. The topological polar surface area (TPSA) is 32.3 Å². The third-order valence-electron chi connectivity index (χ3n) is 3.67. The lowest BCUT2D eigenvalue weighted by Crippen LogP contribution is -2.34. The first kappa shape index (κ1) is 15.6. The quantitative estimate of drug-likeness (QED) is 0.619. The molecule has 1 aliphatic rings. The Morgan fingerprint density at radius 1 is 1.33 bits per heavy atom. The molecule has 1 fully saturated rings. The predicted molar refractivity (Wildman–Crippen MR) is 77.6 cm³/mol. The lowest BCUT2D eigenvalue weighted by Gasteiger charge is -2.25. The summed E-state index contributed by atoms with van der Waals surface area (Å²) in [7, 11) is 0. The van der Waals surface area contributed by atoms with Crippen molar-refractivity contribution in [3.05, 3.63) is 48.1 Å². The molecule has 3 nitrogen and oxygen atoms in total. The Labute approximate surface area is 123 Å². The average molecular weight is 294 g/mol. The van der Waals surface area contributed by atoms with Gasteiger partial charge in [-0.1, -0.05) is 6.08 Å². The monoisotopic (exact) mass is 294 g/mol. The van der Waals surface area contributed by atoms with Gasteiger partial charge in [0.05, 0.1) is 0 Å². The minimum Gasteiger partial charge on any atom is -0.335 e. The normalized spacial score (nSPS) is 18.3. The molecule has 1 amide bonds. The zero-order chi connectivity index (χ0) is 15.2. The Bertz CT molecular complexity index is 499. The number of carbonyl (C=O) groups is 1. The molecule has 0 bridgehead atoms. The van der Waals surface area contributed by atoms with Crippen LogP contribution in [-0.2, 0) is 11.3 Å². The molecular formula is C16H20F2N2O. The third kappa shape index (κ3) is 4.36. The molecule has 0 aliphatic carbocycles. The highest BCUT2D eigenvalue weighted by atomic mass is 19.1. The Balaban J connectivity index is 1.97. The number of hydrogen-bond donors (Lipinski definition) is 1. The van der Waals surface area contributed by atoms with Crippen LogP contribution in [0.5, 0.6) is 0 Å². The number of hydrogen-bond acceptors (Lipinski definition) is 2. The maximum absolute atomic E-state index is 13.2. The van der Waals surface area contributed by atoms with Gasteiger partial charge >= 0.3 is 0 Å². The van der Waals surface area contributed by atoms with E-state index in [0.29, 0.717) is 12.0 Å². The van der Waals surface area contributed by atoms with Gasteiger partial charge in [-0.15, -0.1) is 6.58 Å². The molecule has 1 atom stereocenters. The van der Waals surface area contributed by atoms with Crippen LogP contribution in [0.25, 0.3) is 0 Å². The summed E-state index contributed by atoms with van der Waals surface area (Å²) in [6, 6.07) is 3.52. The van der Waals surface area contributed by atoms with Crippen LogP contribution in [0.3, 0.4) is 0 Å². The van der Waals surface area contributed by atoms with Crippen molar-refractivity contribution in [1.29, 1.82) is 0 Å². The van der Waals surface area contributed by atoms with Crippen LogP contribution in [0.15, 0.2) is 30.9 Å². The fraction of sp³-hybridized carbons (Fsp3) is 0.438. The summed E-state index contributed by atoms with van der Waals surface area (Å²) >= 11 is 0. The highest BCUT2D eigenvalue weighted by Crippen LogP contribution is 2.24. The van der Waals surface area contributed by atoms with E-state index in [9.17, 15) is 13.6 Å². The Hall–Kier alpha value is -1.75. The van der Waals surface area contributed by atoms with Crippen molar-refractivity contribution < 1.29 is 13.6 Å². The minimum absolute atomic E-state index is 0.0494. The predicted octanol–water partition coefficient (Wildman–Crippen LogP) is 2.62. The van der Waals surface area contributed by atoms with Crippen molar-refractivity contribution in [3.63, 3.8) is 0 Å². The van der Waals surface area contributed by atoms with E-state index < -0.39 is 11.6 Å². The number of nitrogens with one attached hydrogen (secondary N) is 1. The van der Waals surface area contributed by atoms with Crippen LogP contribution in [0.4, 0.5) is 8.78 Å². The number of amides is 1. The van der Waals surface area contributed by atoms with E-state index in [0.717, 1.165) is 32.0 Å². The summed E-state index contributed by atoms with van der Waals surface area (Å²) in [5.41, 5.74) is 0.492. The van der Waals surface area contributed by atoms with Crippen molar-refractivity contribution in [1.82, 2.24) is 10.2 Å². The van der Waals surface area contributed by atoms with E-state index in [-0.39, 0.29) is 18.5 Å². The second-order valence-corrected chi connectivity index (χ2v) is 5.27. The van der Waals surface area contributed by atoms with E-state index in [1.807, 2.05) is 0 Å². The van der Waals surface area contributed by atoms with Gasteiger partial charge in [0, 0.05) is 31.6 Å². The van der Waals surface area contributed by atoms with Gasteiger partial charge in [0.2, 0.25) is 5.91 Å². The molecule has 0 saturated carbocycles. The summed E-state index contributed by atoms with van der Waals surface area (Å²) in [6.07, 6.45) is 3.92. The van der Waals surface area contributed by atoms with E-state index in [4.69, 9.17) is 0 Å². The fourth-order valence-corrected chi connectivity index (χ4v) is 2.68. The first-order chi connectivity index (χ1) is 10.1. The molecule has 1 aliphatic heterocycles. The first-order valence-corrected chi connectivity index (χ1v) is 7.16. The molecule has 5 heteroatoms. The maximum atomic E-state index is 13.2. The molecule has 2 rings (SSSR count). The Morgan fingerprint density at radius 2 is 2.05 bits per heavy atom. The standard InChI is InChI=1S/C16H20F2N2O/c1-2-6-19-7-5-15-3-4-16(21)20(15)11-12-8-13(17)10-14(18)9-12/h2,8-10,15,19H,1,3-7,11H2/t15-/m1/s1. The summed E-state index contributed by atoms with van der Waals surface area (Å²) in [4.78, 5) is 13.7. The van der Waals surface area contributed by atoms with Gasteiger partial charge in [-0.3, -0.25) is 4.79 Å². The molecule has 0 radical (unpaired) electrons. The molecule has 21 heavy (non-hydrogen) atoms. The van der Waals surface area contributed by atoms with Crippen molar-refractivity contribution in [2.24, 2.45) is 0 Å². The highest BCUT2D eigenvalue weighted by Gasteiger charge is 2.30. The van der Waals surface area contributed by atoms with E-state index >= 15 is 0 Å². The molecule has 1 aromatic carbocycles. The van der Waals surface area contributed by atoms with Crippen LogP contribution < -0.4 is 5.32 Å². The average Bonchev–Trinajstić information content (AvgIpc) is 2.75. The van der Waals surface area contributed by atoms with Gasteiger partial charge < -0.3 is 10.2 Å². The minimum atomic E-state index is -0.610.